The molecule has 3 rings (SSSR count). The molecular weight excluding hydrogens is 389 g/mol. The van der Waals surface area contributed by atoms with Crippen molar-refractivity contribution in [3.8, 4) is 0 Å². The molecule has 1 aliphatic rings. The van der Waals surface area contributed by atoms with Gasteiger partial charge < -0.3 is 15.1 Å². The maximum Gasteiger partial charge on any atom is 0.264 e. The highest BCUT2D eigenvalue weighted by Gasteiger charge is 2.23. The average molecular weight is 410 g/mol. The van der Waals surface area contributed by atoms with Crippen LogP contribution in [0.15, 0.2) is 24.3 Å². The van der Waals surface area contributed by atoms with E-state index in [1.807, 2.05) is 11.8 Å². The molecule has 0 radical (unpaired) electrons. The number of halogens is 2. The Bertz CT molecular complexity index is 871. The van der Waals surface area contributed by atoms with Crippen LogP contribution in [0.1, 0.15) is 32.0 Å². The van der Waals surface area contributed by atoms with Crippen LogP contribution in [0.3, 0.4) is 0 Å². The Hall–Kier alpha value is -1.96. The zero-order valence-corrected chi connectivity index (χ0v) is 16.8. The minimum Gasteiger partial charge on any atom is -0.337 e. The van der Waals surface area contributed by atoms with Gasteiger partial charge in [0.1, 0.15) is 5.82 Å². The van der Waals surface area contributed by atoms with Crippen LogP contribution >= 0.6 is 22.9 Å². The Morgan fingerprint density at radius 3 is 2.70 bits per heavy atom. The molecule has 1 fully saturated rings. The third-order valence-electron chi connectivity index (χ3n) is 4.53. The molecular formula is C19H21ClFN3O2S. The fourth-order valence-electron chi connectivity index (χ4n) is 3.00. The van der Waals surface area contributed by atoms with E-state index in [1.54, 1.807) is 6.07 Å². The summed E-state index contributed by atoms with van der Waals surface area (Å²) in [6, 6.07) is 5.40. The van der Waals surface area contributed by atoms with Crippen molar-refractivity contribution in [3.63, 3.8) is 0 Å². The summed E-state index contributed by atoms with van der Waals surface area (Å²) in [6.07, 6.45) is 0.944. The topological polar surface area (TPSA) is 52.7 Å². The fraction of sp³-hybridized carbons (Fsp3) is 0.368. The van der Waals surface area contributed by atoms with Gasteiger partial charge in [0, 0.05) is 19.6 Å². The van der Waals surface area contributed by atoms with Crippen molar-refractivity contribution >= 4 is 39.8 Å². The van der Waals surface area contributed by atoms with Gasteiger partial charge in [0.2, 0.25) is 0 Å². The van der Waals surface area contributed by atoms with E-state index in [4.69, 9.17) is 11.6 Å². The molecule has 2 aromatic rings. The van der Waals surface area contributed by atoms with Crippen LogP contribution < -0.4 is 5.32 Å². The average Bonchev–Trinajstić information content (AvgIpc) is 2.82. The molecule has 1 aliphatic heterocycles. The smallest absolute Gasteiger partial charge is 0.264 e. The summed E-state index contributed by atoms with van der Waals surface area (Å²) in [7, 11) is 2.05. The van der Waals surface area contributed by atoms with Gasteiger partial charge in [0.05, 0.1) is 20.5 Å². The van der Waals surface area contributed by atoms with Gasteiger partial charge in [0.25, 0.3) is 11.8 Å². The molecule has 2 amide bonds. The predicted octanol–water partition coefficient (Wildman–Crippen LogP) is 3.88. The molecule has 2 heterocycles. The van der Waals surface area contributed by atoms with Crippen molar-refractivity contribution < 1.29 is 14.0 Å². The highest BCUT2D eigenvalue weighted by atomic mass is 35.5. The number of likely N-dealkylation sites (N-methyl/N-ethyl adjacent to an activating group) is 1. The maximum atomic E-state index is 13.2. The summed E-state index contributed by atoms with van der Waals surface area (Å²) in [5, 5.41) is 3.36. The van der Waals surface area contributed by atoms with Crippen LogP contribution in [0.25, 0.3) is 0 Å². The second kappa shape index (κ2) is 8.37. The molecule has 27 heavy (non-hydrogen) atoms. The number of nitrogens with zero attached hydrogens (tertiary/aromatic N) is 2. The zero-order valence-electron chi connectivity index (χ0n) is 15.2. The summed E-state index contributed by atoms with van der Waals surface area (Å²) < 4.78 is 13.2. The number of amides is 2. The monoisotopic (exact) mass is 409 g/mol. The molecule has 1 saturated heterocycles. The number of rotatable bonds is 3. The Labute approximate surface area is 166 Å². The van der Waals surface area contributed by atoms with Gasteiger partial charge in [-0.3, -0.25) is 9.59 Å². The standard InChI is InChI=1S/C19H21ClFN3O2S/c1-12-10-16(22-18(25)14-5-4-13(21)11-15(14)20)27-17(12)19(26)24-7-3-6-23(2)8-9-24/h4-5,10-11H,3,6-9H2,1-2H3,(H,22,25). The lowest BCUT2D eigenvalue weighted by Crippen LogP contribution is -2.34. The lowest BCUT2D eigenvalue weighted by molar-refractivity contribution is 0.0766. The van der Waals surface area contributed by atoms with Crippen LogP contribution in [-0.4, -0.2) is 54.8 Å². The first kappa shape index (κ1) is 19.8. The van der Waals surface area contributed by atoms with Crippen molar-refractivity contribution in [1.29, 1.82) is 0 Å². The molecule has 0 saturated carbocycles. The third kappa shape index (κ3) is 4.66. The van der Waals surface area contributed by atoms with Crippen LogP contribution in [0.2, 0.25) is 5.02 Å². The Kier molecular flexibility index (Phi) is 6.14. The molecule has 144 valence electrons. The summed E-state index contributed by atoms with van der Waals surface area (Å²) >= 11 is 7.19. The van der Waals surface area contributed by atoms with E-state index in [1.165, 1.54) is 23.5 Å². The zero-order chi connectivity index (χ0) is 19.6. The van der Waals surface area contributed by atoms with E-state index < -0.39 is 11.7 Å². The number of carbonyl (C=O) groups is 2. The van der Waals surface area contributed by atoms with E-state index in [0.717, 1.165) is 37.7 Å². The number of hydrogen-bond donors (Lipinski definition) is 1. The molecule has 0 spiro atoms. The minimum atomic E-state index is -0.500. The van der Waals surface area contributed by atoms with Crippen molar-refractivity contribution in [3.05, 3.63) is 51.1 Å². The van der Waals surface area contributed by atoms with Crippen LogP contribution in [0, 0.1) is 12.7 Å². The van der Waals surface area contributed by atoms with Gasteiger partial charge in [-0.05, 0) is 56.8 Å². The highest BCUT2D eigenvalue weighted by molar-refractivity contribution is 7.18. The molecule has 0 unspecified atom stereocenters. The number of anilines is 1. The highest BCUT2D eigenvalue weighted by Crippen LogP contribution is 2.29. The van der Waals surface area contributed by atoms with Gasteiger partial charge >= 0.3 is 0 Å². The van der Waals surface area contributed by atoms with E-state index >= 15 is 0 Å². The van der Waals surface area contributed by atoms with Crippen LogP contribution in [0.4, 0.5) is 9.39 Å². The molecule has 8 heteroatoms. The minimum absolute atomic E-state index is 0.00638. The van der Waals surface area contributed by atoms with Crippen molar-refractivity contribution in [2.75, 3.05) is 38.5 Å². The fourth-order valence-corrected chi connectivity index (χ4v) is 4.29. The second-order valence-electron chi connectivity index (χ2n) is 6.65. The van der Waals surface area contributed by atoms with Crippen LogP contribution in [-0.2, 0) is 0 Å². The number of aryl methyl sites for hydroxylation is 1. The lowest BCUT2D eigenvalue weighted by atomic mass is 10.2. The van der Waals surface area contributed by atoms with Gasteiger partial charge in [-0.25, -0.2) is 4.39 Å². The summed E-state index contributed by atoms with van der Waals surface area (Å²) in [5.74, 6) is -0.941. The number of carbonyl (C=O) groups excluding carboxylic acids is 2. The first-order valence-electron chi connectivity index (χ1n) is 8.70. The number of benzene rings is 1. The Morgan fingerprint density at radius 2 is 1.96 bits per heavy atom. The number of thiophene rings is 1. The Balaban J connectivity index is 1.74. The van der Waals surface area contributed by atoms with E-state index in [2.05, 4.69) is 17.3 Å². The van der Waals surface area contributed by atoms with Crippen molar-refractivity contribution in [1.82, 2.24) is 9.80 Å². The van der Waals surface area contributed by atoms with Gasteiger partial charge in [-0.15, -0.1) is 11.3 Å². The molecule has 1 aromatic carbocycles. The SMILES string of the molecule is Cc1cc(NC(=O)c2ccc(F)cc2Cl)sc1C(=O)N1CCCN(C)CC1. The lowest BCUT2D eigenvalue weighted by Gasteiger charge is -2.20. The molecule has 0 aliphatic carbocycles. The number of nitrogens with one attached hydrogen (secondary N) is 1. The van der Waals surface area contributed by atoms with E-state index in [-0.39, 0.29) is 16.5 Å². The first-order chi connectivity index (χ1) is 12.8. The molecule has 1 aromatic heterocycles. The predicted molar refractivity (Wildman–Crippen MR) is 106 cm³/mol. The summed E-state index contributed by atoms with van der Waals surface area (Å²) in [5.41, 5.74) is 1.01. The number of hydrogen-bond acceptors (Lipinski definition) is 4. The maximum absolute atomic E-state index is 13.2. The quantitative estimate of drug-likeness (QED) is 0.837. The van der Waals surface area contributed by atoms with Gasteiger partial charge in [-0.1, -0.05) is 11.6 Å². The second-order valence-corrected chi connectivity index (χ2v) is 8.11. The van der Waals surface area contributed by atoms with Crippen molar-refractivity contribution in [2.45, 2.75) is 13.3 Å². The summed E-state index contributed by atoms with van der Waals surface area (Å²) in [4.78, 5) is 30.0. The molecule has 5 nitrogen and oxygen atoms in total. The van der Waals surface area contributed by atoms with Crippen molar-refractivity contribution in [2.24, 2.45) is 0 Å². The molecule has 0 atom stereocenters. The third-order valence-corrected chi connectivity index (χ3v) is 5.98. The van der Waals surface area contributed by atoms with Crippen LogP contribution in [0.5, 0.6) is 0 Å². The van der Waals surface area contributed by atoms with Gasteiger partial charge in [0.15, 0.2) is 0 Å². The first-order valence-corrected chi connectivity index (χ1v) is 9.89. The normalized spacial score (nSPS) is 15.5. The molecule has 0 bridgehead atoms. The van der Waals surface area contributed by atoms with Gasteiger partial charge in [-0.2, -0.15) is 0 Å². The Morgan fingerprint density at radius 1 is 1.19 bits per heavy atom. The van der Waals surface area contributed by atoms with E-state index in [0.29, 0.717) is 16.4 Å². The molecule has 1 N–H and O–H groups in total. The summed E-state index contributed by atoms with van der Waals surface area (Å²) in [6.45, 7) is 5.11. The largest absolute Gasteiger partial charge is 0.337 e. The van der Waals surface area contributed by atoms with E-state index in [9.17, 15) is 14.0 Å².